The largest absolute Gasteiger partial charge is 0.481 e. The van der Waals surface area contributed by atoms with E-state index in [1.54, 1.807) is 0 Å². The topological polar surface area (TPSA) is 115 Å². The molecule has 0 atom stereocenters. The van der Waals surface area contributed by atoms with E-state index in [2.05, 4.69) is 4.98 Å². The maximum atomic E-state index is 12.3. The number of aromatic nitrogens is 2. The van der Waals surface area contributed by atoms with Gasteiger partial charge >= 0.3 is 5.97 Å². The lowest BCUT2D eigenvalue weighted by Crippen LogP contribution is -2.34. The summed E-state index contributed by atoms with van der Waals surface area (Å²) in [6, 6.07) is 3.80. The van der Waals surface area contributed by atoms with Gasteiger partial charge in [-0.2, -0.15) is 0 Å². The summed E-state index contributed by atoms with van der Waals surface area (Å²) < 4.78 is 1.15. The number of nitrogens with zero attached hydrogens (tertiary/aromatic N) is 3. The van der Waals surface area contributed by atoms with Crippen LogP contribution in [0.1, 0.15) is 13.8 Å². The second-order valence-electron chi connectivity index (χ2n) is 5.33. The average molecular weight is 291 g/mol. The van der Waals surface area contributed by atoms with Crippen molar-refractivity contribution in [3.63, 3.8) is 0 Å². The molecule has 0 aliphatic rings. The van der Waals surface area contributed by atoms with Crippen molar-refractivity contribution in [1.29, 1.82) is 0 Å². The molecule has 0 unspecified atom stereocenters. The Kier molecular flexibility index (Phi) is 3.46. The Bertz CT molecular complexity index is 794. The number of rotatable bonds is 4. The van der Waals surface area contributed by atoms with Crippen molar-refractivity contribution in [3.05, 3.63) is 45.0 Å². The maximum Gasteiger partial charge on any atom is 0.310 e. The van der Waals surface area contributed by atoms with E-state index >= 15 is 0 Å². The number of nitro groups is 1. The van der Waals surface area contributed by atoms with E-state index in [9.17, 15) is 19.7 Å². The smallest absolute Gasteiger partial charge is 0.310 e. The van der Waals surface area contributed by atoms with Crippen molar-refractivity contribution in [2.45, 2.75) is 20.4 Å². The Morgan fingerprint density at radius 1 is 1.48 bits per heavy atom. The summed E-state index contributed by atoms with van der Waals surface area (Å²) in [5, 5.41) is 19.9. The van der Waals surface area contributed by atoms with Gasteiger partial charge in [0.05, 0.1) is 27.6 Å². The molecule has 1 N–H and O–H groups in total. The molecule has 21 heavy (non-hydrogen) atoms. The van der Waals surface area contributed by atoms with Crippen LogP contribution in [-0.2, 0) is 11.3 Å². The van der Waals surface area contributed by atoms with Crippen LogP contribution >= 0.6 is 0 Å². The van der Waals surface area contributed by atoms with Gasteiger partial charge in [0.2, 0.25) is 0 Å². The molecular formula is C13H13N3O5. The first-order valence-corrected chi connectivity index (χ1v) is 6.09. The normalized spacial score (nSPS) is 11.5. The third kappa shape index (κ3) is 2.73. The van der Waals surface area contributed by atoms with Gasteiger partial charge in [-0.15, -0.1) is 0 Å². The number of aliphatic carboxylic acids is 1. The molecule has 110 valence electrons. The Morgan fingerprint density at radius 3 is 2.71 bits per heavy atom. The molecule has 0 aliphatic carbocycles. The molecule has 1 aromatic heterocycles. The van der Waals surface area contributed by atoms with E-state index in [1.807, 2.05) is 0 Å². The van der Waals surface area contributed by atoms with Crippen molar-refractivity contribution >= 4 is 22.6 Å². The van der Waals surface area contributed by atoms with Gasteiger partial charge in [-0.3, -0.25) is 24.3 Å². The highest BCUT2D eigenvalue weighted by Gasteiger charge is 2.28. The minimum absolute atomic E-state index is 0.0766. The molecule has 1 aromatic carbocycles. The zero-order valence-electron chi connectivity index (χ0n) is 11.4. The first-order valence-electron chi connectivity index (χ1n) is 6.09. The first kappa shape index (κ1) is 14.6. The van der Waals surface area contributed by atoms with Gasteiger partial charge in [0.25, 0.3) is 11.2 Å². The minimum Gasteiger partial charge on any atom is -0.481 e. The van der Waals surface area contributed by atoms with Crippen LogP contribution in [0.4, 0.5) is 5.69 Å². The summed E-state index contributed by atoms with van der Waals surface area (Å²) in [5.74, 6) is -1.05. The highest BCUT2D eigenvalue weighted by Crippen LogP contribution is 2.19. The van der Waals surface area contributed by atoms with Gasteiger partial charge in [0, 0.05) is 18.7 Å². The highest BCUT2D eigenvalue weighted by atomic mass is 16.6. The van der Waals surface area contributed by atoms with Gasteiger partial charge in [-0.05, 0) is 19.9 Å². The number of carboxylic acids is 1. The molecule has 0 fully saturated rings. The number of hydrogen-bond donors (Lipinski definition) is 1. The van der Waals surface area contributed by atoms with Gasteiger partial charge < -0.3 is 5.11 Å². The molecular weight excluding hydrogens is 278 g/mol. The SMILES string of the molecule is CC(C)(Cn1cnc2ccc([N+](=O)[O-])cc2c1=O)C(=O)O. The summed E-state index contributed by atoms with van der Waals surface area (Å²) >= 11 is 0. The zero-order chi connectivity index (χ0) is 15.8. The lowest BCUT2D eigenvalue weighted by molar-refractivity contribution is -0.384. The van der Waals surface area contributed by atoms with E-state index in [0.717, 1.165) is 10.6 Å². The highest BCUT2D eigenvalue weighted by molar-refractivity contribution is 5.80. The number of benzene rings is 1. The van der Waals surface area contributed by atoms with Crippen LogP contribution < -0.4 is 5.56 Å². The molecule has 0 amide bonds. The number of carbonyl (C=O) groups is 1. The summed E-state index contributed by atoms with van der Waals surface area (Å²) in [5.41, 5.74) is -1.54. The third-order valence-electron chi connectivity index (χ3n) is 3.16. The number of nitro benzene ring substituents is 1. The van der Waals surface area contributed by atoms with Crippen molar-refractivity contribution < 1.29 is 14.8 Å². The molecule has 1 heterocycles. The van der Waals surface area contributed by atoms with Crippen molar-refractivity contribution in [2.75, 3.05) is 0 Å². The molecule has 0 saturated carbocycles. The standard InChI is InChI=1S/C13H13N3O5/c1-13(2,12(18)19)6-15-7-14-10-4-3-8(16(20)21)5-9(10)11(15)17/h3-5,7H,6H2,1-2H3,(H,18,19). The van der Waals surface area contributed by atoms with Crippen LogP contribution in [0.25, 0.3) is 10.9 Å². The van der Waals surface area contributed by atoms with Crippen LogP contribution in [0.2, 0.25) is 0 Å². The fourth-order valence-electron chi connectivity index (χ4n) is 1.87. The quantitative estimate of drug-likeness (QED) is 0.672. The van der Waals surface area contributed by atoms with E-state index in [0.29, 0.717) is 5.52 Å². The number of fused-ring (bicyclic) bond motifs is 1. The van der Waals surface area contributed by atoms with Crippen LogP contribution in [-0.4, -0.2) is 25.6 Å². The predicted molar refractivity (Wildman–Crippen MR) is 74.1 cm³/mol. The van der Waals surface area contributed by atoms with Gasteiger partial charge in [0.1, 0.15) is 0 Å². The predicted octanol–water partition coefficient (Wildman–Crippen LogP) is 1.42. The average Bonchev–Trinajstić information content (AvgIpc) is 2.41. The lowest BCUT2D eigenvalue weighted by Gasteiger charge is -2.20. The summed E-state index contributed by atoms with van der Waals surface area (Å²) in [6.45, 7) is 2.89. The van der Waals surface area contributed by atoms with Crippen LogP contribution in [0.5, 0.6) is 0 Å². The van der Waals surface area contributed by atoms with Crippen LogP contribution in [0.3, 0.4) is 0 Å². The Balaban J connectivity index is 2.58. The molecule has 2 rings (SSSR count). The summed E-state index contributed by atoms with van der Waals surface area (Å²) in [4.78, 5) is 37.6. The van der Waals surface area contributed by atoms with Crippen molar-refractivity contribution in [2.24, 2.45) is 5.41 Å². The lowest BCUT2D eigenvalue weighted by atomic mass is 9.94. The monoisotopic (exact) mass is 291 g/mol. The van der Waals surface area contributed by atoms with Gasteiger partial charge in [-0.25, -0.2) is 4.98 Å². The molecule has 2 aromatic rings. The fourth-order valence-corrected chi connectivity index (χ4v) is 1.87. The molecule has 8 heteroatoms. The Morgan fingerprint density at radius 2 is 2.14 bits per heavy atom. The van der Waals surface area contributed by atoms with Crippen LogP contribution in [0, 0.1) is 15.5 Å². The first-order chi connectivity index (χ1) is 9.72. The van der Waals surface area contributed by atoms with Crippen LogP contribution in [0.15, 0.2) is 29.3 Å². The Hall–Kier alpha value is -2.77. The molecule has 0 radical (unpaired) electrons. The van der Waals surface area contributed by atoms with Gasteiger partial charge in [-0.1, -0.05) is 0 Å². The minimum atomic E-state index is -1.15. The summed E-state index contributed by atoms with van der Waals surface area (Å²) in [6.07, 6.45) is 1.25. The summed E-state index contributed by atoms with van der Waals surface area (Å²) in [7, 11) is 0. The number of hydrogen-bond acceptors (Lipinski definition) is 5. The zero-order valence-corrected chi connectivity index (χ0v) is 11.4. The van der Waals surface area contributed by atoms with Crippen molar-refractivity contribution in [3.8, 4) is 0 Å². The Labute approximate surface area is 118 Å². The van der Waals surface area contributed by atoms with E-state index in [1.165, 1.54) is 32.3 Å². The third-order valence-corrected chi connectivity index (χ3v) is 3.16. The van der Waals surface area contributed by atoms with E-state index in [-0.39, 0.29) is 17.6 Å². The van der Waals surface area contributed by atoms with Crippen molar-refractivity contribution in [1.82, 2.24) is 9.55 Å². The maximum absolute atomic E-state index is 12.3. The second kappa shape index (κ2) is 4.97. The van der Waals surface area contributed by atoms with Gasteiger partial charge in [0.15, 0.2) is 0 Å². The number of carboxylic acid groups (broad SMARTS) is 1. The van der Waals surface area contributed by atoms with E-state index < -0.39 is 21.9 Å². The van der Waals surface area contributed by atoms with E-state index in [4.69, 9.17) is 5.11 Å². The number of non-ortho nitro benzene ring substituents is 1. The second-order valence-corrected chi connectivity index (χ2v) is 5.33. The molecule has 0 aliphatic heterocycles. The molecule has 0 spiro atoms. The molecule has 0 bridgehead atoms. The fraction of sp³-hybridized carbons (Fsp3) is 0.308. The molecule has 0 saturated heterocycles. The molecule has 8 nitrogen and oxygen atoms in total.